The van der Waals surface area contributed by atoms with E-state index < -0.39 is 0 Å². The summed E-state index contributed by atoms with van der Waals surface area (Å²) < 4.78 is 0. The summed E-state index contributed by atoms with van der Waals surface area (Å²) in [6.45, 7) is 7.15. The molecule has 0 saturated heterocycles. The molecule has 2 aliphatic rings. The molecule has 0 unspecified atom stereocenters. The Morgan fingerprint density at radius 1 is 0.651 bits per heavy atom. The van der Waals surface area contributed by atoms with Gasteiger partial charge in [0, 0.05) is 34.7 Å². The first-order chi connectivity index (χ1) is 21.2. The number of anilines is 5. The molecule has 1 aliphatic carbocycles. The minimum atomic E-state index is 0.666. The Morgan fingerprint density at radius 3 is 2.14 bits per heavy atom. The number of hydrogen-bond donors (Lipinski definition) is 0. The molecular weight excluding hydrogens is 522 g/mol. The van der Waals surface area contributed by atoms with Gasteiger partial charge >= 0.3 is 0 Å². The zero-order valence-corrected chi connectivity index (χ0v) is 25.1. The highest BCUT2D eigenvalue weighted by atomic mass is 15.2. The molecule has 0 N–H and O–H groups in total. The summed E-state index contributed by atoms with van der Waals surface area (Å²) in [6.07, 6.45) is 3.18. The molecule has 3 heteroatoms. The molecule has 0 atom stereocenters. The molecule has 6 aromatic rings. The maximum absolute atomic E-state index is 9.42. The van der Waals surface area contributed by atoms with Crippen molar-refractivity contribution in [1.29, 1.82) is 5.26 Å². The van der Waals surface area contributed by atoms with Gasteiger partial charge in [0.05, 0.1) is 17.3 Å². The van der Waals surface area contributed by atoms with E-state index in [4.69, 9.17) is 0 Å². The topological polar surface area (TPSA) is 30.3 Å². The molecule has 0 saturated carbocycles. The van der Waals surface area contributed by atoms with Crippen LogP contribution in [0.5, 0.6) is 0 Å². The van der Waals surface area contributed by atoms with E-state index in [0.717, 1.165) is 42.9 Å². The molecule has 0 amide bonds. The second-order valence-corrected chi connectivity index (χ2v) is 11.3. The fourth-order valence-corrected chi connectivity index (χ4v) is 6.94. The highest BCUT2D eigenvalue weighted by molar-refractivity contribution is 6.17. The number of aryl methyl sites for hydroxylation is 3. The van der Waals surface area contributed by atoms with Crippen molar-refractivity contribution in [3.8, 4) is 6.07 Å². The van der Waals surface area contributed by atoms with Gasteiger partial charge in [-0.1, -0.05) is 74.0 Å². The van der Waals surface area contributed by atoms with Crippen LogP contribution in [-0.2, 0) is 19.3 Å². The SMILES string of the molecule is CC.Cc1ccc(N(c2ccc(C#N)cc2)c2ccc3c4c2ccc2ccc(N5CCc6ccccc65)c(c24)CC3)cc1. The molecule has 0 bridgehead atoms. The zero-order chi connectivity index (χ0) is 29.5. The Labute approximate surface area is 254 Å². The molecule has 43 heavy (non-hydrogen) atoms. The molecule has 6 aromatic carbocycles. The highest BCUT2D eigenvalue weighted by Crippen LogP contribution is 2.47. The van der Waals surface area contributed by atoms with Crippen molar-refractivity contribution in [1.82, 2.24) is 0 Å². The third kappa shape index (κ3) is 4.42. The quantitative estimate of drug-likeness (QED) is 0.202. The predicted octanol–water partition coefficient (Wildman–Crippen LogP) is 10.5. The van der Waals surface area contributed by atoms with Gasteiger partial charge in [-0.3, -0.25) is 0 Å². The third-order valence-electron chi connectivity index (χ3n) is 8.92. The van der Waals surface area contributed by atoms with E-state index in [9.17, 15) is 5.26 Å². The minimum Gasteiger partial charge on any atom is -0.341 e. The van der Waals surface area contributed by atoms with Crippen LogP contribution >= 0.6 is 0 Å². The lowest BCUT2D eigenvalue weighted by molar-refractivity contribution is 0.939. The van der Waals surface area contributed by atoms with Crippen LogP contribution < -0.4 is 9.80 Å². The van der Waals surface area contributed by atoms with Crippen LogP contribution in [-0.4, -0.2) is 6.54 Å². The fourth-order valence-electron chi connectivity index (χ4n) is 6.94. The summed E-state index contributed by atoms with van der Waals surface area (Å²) in [5, 5.41) is 14.8. The van der Waals surface area contributed by atoms with Crippen molar-refractivity contribution in [3.05, 3.63) is 137 Å². The lowest BCUT2D eigenvalue weighted by Crippen LogP contribution is -2.17. The number of hydrogen-bond acceptors (Lipinski definition) is 3. The van der Waals surface area contributed by atoms with Gasteiger partial charge in [-0.05, 0) is 114 Å². The Hall–Kier alpha value is -5.07. The van der Waals surface area contributed by atoms with E-state index in [-0.39, 0.29) is 0 Å². The van der Waals surface area contributed by atoms with Gasteiger partial charge < -0.3 is 9.80 Å². The monoisotopic (exact) mass is 557 g/mol. The normalized spacial score (nSPS) is 13.0. The predicted molar refractivity (Wildman–Crippen MR) is 181 cm³/mol. The summed E-state index contributed by atoms with van der Waals surface area (Å²) in [5.74, 6) is 0. The van der Waals surface area contributed by atoms with Crippen molar-refractivity contribution < 1.29 is 0 Å². The van der Waals surface area contributed by atoms with Crippen LogP contribution in [0.3, 0.4) is 0 Å². The Bertz CT molecular complexity index is 2010. The second kappa shape index (κ2) is 11.0. The molecule has 0 radical (unpaired) electrons. The first kappa shape index (κ1) is 26.8. The standard InChI is InChI=1S/C38H29N3.C2H6/c1-25-6-14-30(15-7-25)41(31-16-8-26(24-39)9-17-31)36-21-13-29-10-18-32-35(40-23-22-27-4-2-3-5-34(27)40)20-12-28-11-19-33(36)38(29)37(28)32;1-2/h2-9,11-17,19-21H,10,18,22-23H2,1H3;1-2H3. The smallest absolute Gasteiger partial charge is 0.0991 e. The van der Waals surface area contributed by atoms with E-state index in [1.165, 1.54) is 55.2 Å². The molecule has 0 aromatic heterocycles. The summed E-state index contributed by atoms with van der Waals surface area (Å²) in [7, 11) is 0. The van der Waals surface area contributed by atoms with Crippen molar-refractivity contribution in [2.24, 2.45) is 0 Å². The van der Waals surface area contributed by atoms with Crippen LogP contribution in [0, 0.1) is 18.3 Å². The molecule has 1 heterocycles. The van der Waals surface area contributed by atoms with Crippen LogP contribution in [0.4, 0.5) is 28.4 Å². The molecular formula is C40H35N3. The van der Waals surface area contributed by atoms with Gasteiger partial charge in [0.1, 0.15) is 0 Å². The van der Waals surface area contributed by atoms with E-state index >= 15 is 0 Å². The largest absolute Gasteiger partial charge is 0.341 e. The highest BCUT2D eigenvalue weighted by Gasteiger charge is 2.27. The minimum absolute atomic E-state index is 0.666. The first-order valence-corrected chi connectivity index (χ1v) is 15.4. The average molecular weight is 558 g/mol. The molecule has 8 rings (SSSR count). The van der Waals surface area contributed by atoms with Crippen molar-refractivity contribution in [2.45, 2.75) is 40.0 Å². The van der Waals surface area contributed by atoms with Crippen LogP contribution in [0.2, 0.25) is 0 Å². The number of nitrogens with zero attached hydrogens (tertiary/aromatic N) is 3. The first-order valence-electron chi connectivity index (χ1n) is 15.4. The van der Waals surface area contributed by atoms with Gasteiger partial charge in [0.15, 0.2) is 0 Å². The van der Waals surface area contributed by atoms with Crippen LogP contribution in [0.25, 0.3) is 21.5 Å². The van der Waals surface area contributed by atoms with Crippen LogP contribution in [0.1, 0.15) is 41.7 Å². The molecule has 3 nitrogen and oxygen atoms in total. The number of nitriles is 1. The Balaban J connectivity index is 0.00000147. The summed E-state index contributed by atoms with van der Waals surface area (Å²) in [6, 6.07) is 41.6. The number of benzene rings is 6. The molecule has 1 aliphatic heterocycles. The maximum atomic E-state index is 9.42. The average Bonchev–Trinajstić information content (AvgIpc) is 3.50. The van der Waals surface area contributed by atoms with Gasteiger partial charge in [0.2, 0.25) is 0 Å². The van der Waals surface area contributed by atoms with Gasteiger partial charge in [-0.15, -0.1) is 0 Å². The third-order valence-corrected chi connectivity index (χ3v) is 8.92. The number of rotatable bonds is 4. The van der Waals surface area contributed by atoms with Crippen molar-refractivity contribution in [2.75, 3.05) is 16.3 Å². The van der Waals surface area contributed by atoms with Gasteiger partial charge in [0.25, 0.3) is 0 Å². The van der Waals surface area contributed by atoms with Crippen molar-refractivity contribution >= 4 is 50.0 Å². The van der Waals surface area contributed by atoms with Crippen LogP contribution in [0.15, 0.2) is 109 Å². The summed E-state index contributed by atoms with van der Waals surface area (Å²) >= 11 is 0. The van der Waals surface area contributed by atoms with E-state index in [1.807, 2.05) is 26.0 Å². The zero-order valence-electron chi connectivity index (χ0n) is 25.1. The van der Waals surface area contributed by atoms with Gasteiger partial charge in [-0.25, -0.2) is 0 Å². The summed E-state index contributed by atoms with van der Waals surface area (Å²) in [5.41, 5.74) is 12.2. The number of fused-ring (bicyclic) bond motifs is 1. The lowest BCUT2D eigenvalue weighted by Gasteiger charge is -2.30. The Kier molecular flexibility index (Phi) is 6.84. The van der Waals surface area contributed by atoms with E-state index in [0.29, 0.717) is 5.56 Å². The Morgan fingerprint density at radius 2 is 1.37 bits per heavy atom. The summed E-state index contributed by atoms with van der Waals surface area (Å²) in [4.78, 5) is 4.87. The second-order valence-electron chi connectivity index (χ2n) is 11.3. The van der Waals surface area contributed by atoms with E-state index in [1.54, 1.807) is 0 Å². The molecule has 0 spiro atoms. The van der Waals surface area contributed by atoms with Crippen molar-refractivity contribution in [3.63, 3.8) is 0 Å². The lowest BCUT2D eigenvalue weighted by atomic mass is 9.84. The fraction of sp³-hybridized carbons (Fsp3) is 0.175. The van der Waals surface area contributed by atoms with Gasteiger partial charge in [-0.2, -0.15) is 5.26 Å². The molecule has 210 valence electrons. The number of para-hydroxylation sites is 1. The maximum Gasteiger partial charge on any atom is 0.0991 e. The van der Waals surface area contributed by atoms with E-state index in [2.05, 4.69) is 120 Å². The molecule has 0 fully saturated rings.